The second-order valence-corrected chi connectivity index (χ2v) is 8.97. The molecular formula is C24H25ClFN3O5. The maximum Gasteiger partial charge on any atom is 0.407 e. The molecular weight excluding hydrogens is 465 g/mol. The number of nitrogens with one attached hydrogen (secondary N) is 1. The number of likely N-dealkylation sites (tertiary alicyclic amines) is 2. The van der Waals surface area contributed by atoms with Gasteiger partial charge >= 0.3 is 12.1 Å². The first kappa shape index (κ1) is 24.0. The Morgan fingerprint density at radius 3 is 2.38 bits per heavy atom. The minimum atomic E-state index is -1.02. The van der Waals surface area contributed by atoms with Crippen LogP contribution in [0.15, 0.2) is 48.5 Å². The number of nitrogens with zero attached hydrogens (tertiary/aromatic N) is 2. The zero-order valence-corrected chi connectivity index (χ0v) is 19.1. The Kier molecular flexibility index (Phi) is 7.33. The first-order valence-corrected chi connectivity index (χ1v) is 11.4. The quantitative estimate of drug-likeness (QED) is 0.478. The summed E-state index contributed by atoms with van der Waals surface area (Å²) in [5, 5.41) is 13.0. The lowest BCUT2D eigenvalue weighted by atomic mass is 9.94. The third kappa shape index (κ3) is 5.66. The highest BCUT2D eigenvalue weighted by Crippen LogP contribution is 2.31. The number of esters is 1. The largest absolute Gasteiger partial charge is 0.465 e. The van der Waals surface area contributed by atoms with Gasteiger partial charge in [-0.2, -0.15) is 0 Å². The van der Waals surface area contributed by atoms with Crippen LogP contribution in [-0.4, -0.2) is 71.6 Å². The van der Waals surface area contributed by atoms with Crippen molar-refractivity contribution in [2.75, 3.05) is 32.7 Å². The standard InChI is InChI=1S/C24H25ClFN3O5/c25-17-3-1-15(2-4-17)20-13-29(23(31)16-9-10-28(12-16)24(32)33)14-21(20)27-11-22(30)34-19-7-5-18(26)6-8-19/h1-8,16,20-21,27H,9-14H2,(H,32,33)/t16?,20-,21+/m0/s1. The molecule has 1 unspecified atom stereocenters. The normalized spacial score (nSPS) is 22.1. The second kappa shape index (κ2) is 10.4. The molecule has 0 aromatic heterocycles. The Morgan fingerprint density at radius 1 is 1.03 bits per heavy atom. The van der Waals surface area contributed by atoms with E-state index in [9.17, 15) is 23.9 Å². The lowest BCUT2D eigenvalue weighted by Gasteiger charge is -2.20. The molecule has 0 spiro atoms. The molecule has 10 heteroatoms. The number of benzene rings is 2. The van der Waals surface area contributed by atoms with E-state index in [2.05, 4.69) is 5.32 Å². The molecule has 2 aromatic rings. The maximum atomic E-state index is 13.1. The van der Waals surface area contributed by atoms with Crippen molar-refractivity contribution in [3.8, 4) is 5.75 Å². The van der Waals surface area contributed by atoms with Crippen LogP contribution < -0.4 is 10.1 Å². The molecule has 2 fully saturated rings. The summed E-state index contributed by atoms with van der Waals surface area (Å²) in [4.78, 5) is 39.7. The molecule has 180 valence electrons. The number of rotatable bonds is 6. The van der Waals surface area contributed by atoms with Gasteiger partial charge < -0.3 is 25.0 Å². The van der Waals surface area contributed by atoms with Crippen molar-refractivity contribution in [2.45, 2.75) is 18.4 Å². The van der Waals surface area contributed by atoms with Crippen molar-refractivity contribution in [3.05, 3.63) is 64.9 Å². The first-order chi connectivity index (χ1) is 16.3. The van der Waals surface area contributed by atoms with Crippen molar-refractivity contribution in [1.29, 1.82) is 0 Å². The third-order valence-electron chi connectivity index (χ3n) is 6.29. The third-order valence-corrected chi connectivity index (χ3v) is 6.54. The Labute approximate surface area is 201 Å². The van der Waals surface area contributed by atoms with Crippen LogP contribution in [0.4, 0.5) is 9.18 Å². The monoisotopic (exact) mass is 489 g/mol. The fraction of sp³-hybridized carbons (Fsp3) is 0.375. The topological polar surface area (TPSA) is 99.2 Å². The number of carboxylic acid groups (broad SMARTS) is 1. The molecule has 2 aliphatic rings. The number of hydrogen-bond acceptors (Lipinski definition) is 5. The van der Waals surface area contributed by atoms with Crippen LogP contribution in [0, 0.1) is 11.7 Å². The molecule has 2 aliphatic heterocycles. The van der Waals surface area contributed by atoms with Crippen molar-refractivity contribution in [1.82, 2.24) is 15.1 Å². The van der Waals surface area contributed by atoms with Crippen molar-refractivity contribution < 1.29 is 28.6 Å². The van der Waals surface area contributed by atoms with Gasteiger partial charge in [0.25, 0.3) is 0 Å². The van der Waals surface area contributed by atoms with Gasteiger partial charge in [-0.1, -0.05) is 23.7 Å². The number of carbonyl (C=O) groups is 3. The average molecular weight is 490 g/mol. The second-order valence-electron chi connectivity index (χ2n) is 8.53. The van der Waals surface area contributed by atoms with Gasteiger partial charge in [-0.05, 0) is 48.4 Å². The highest BCUT2D eigenvalue weighted by atomic mass is 35.5. The van der Waals surface area contributed by atoms with Crippen molar-refractivity contribution in [2.24, 2.45) is 5.92 Å². The van der Waals surface area contributed by atoms with Crippen LogP contribution in [0.25, 0.3) is 0 Å². The van der Waals surface area contributed by atoms with Gasteiger partial charge in [0.05, 0.1) is 12.5 Å². The molecule has 3 atom stereocenters. The molecule has 2 saturated heterocycles. The summed E-state index contributed by atoms with van der Waals surface area (Å²) in [5.74, 6) is -1.25. The van der Waals surface area contributed by atoms with E-state index in [4.69, 9.17) is 16.3 Å². The molecule has 0 radical (unpaired) electrons. The van der Waals surface area contributed by atoms with Crippen LogP contribution >= 0.6 is 11.6 Å². The van der Waals surface area contributed by atoms with Crippen molar-refractivity contribution in [3.63, 3.8) is 0 Å². The van der Waals surface area contributed by atoms with E-state index in [0.717, 1.165) is 5.56 Å². The van der Waals surface area contributed by atoms with E-state index >= 15 is 0 Å². The lowest BCUT2D eigenvalue weighted by molar-refractivity contribution is -0.134. The highest BCUT2D eigenvalue weighted by molar-refractivity contribution is 6.30. The van der Waals surface area contributed by atoms with E-state index in [-0.39, 0.29) is 42.6 Å². The molecule has 2 heterocycles. The zero-order chi connectivity index (χ0) is 24.2. The van der Waals surface area contributed by atoms with Gasteiger partial charge in [-0.25, -0.2) is 9.18 Å². The molecule has 2 aromatic carbocycles. The number of hydrogen-bond donors (Lipinski definition) is 2. The lowest BCUT2D eigenvalue weighted by Crippen LogP contribution is -2.41. The Hall–Kier alpha value is -3.17. The Morgan fingerprint density at radius 2 is 1.74 bits per heavy atom. The van der Waals surface area contributed by atoms with E-state index < -0.39 is 17.9 Å². The van der Waals surface area contributed by atoms with Gasteiger partial charge in [0.15, 0.2) is 0 Å². The van der Waals surface area contributed by atoms with Gasteiger partial charge in [0, 0.05) is 43.2 Å². The zero-order valence-electron chi connectivity index (χ0n) is 18.3. The summed E-state index contributed by atoms with van der Waals surface area (Å²) in [6.45, 7) is 1.26. The number of carbonyl (C=O) groups excluding carboxylic acids is 2. The van der Waals surface area contributed by atoms with Crippen LogP contribution in [-0.2, 0) is 9.59 Å². The predicted molar refractivity (Wildman–Crippen MR) is 122 cm³/mol. The number of amides is 2. The van der Waals surface area contributed by atoms with E-state index in [1.165, 1.54) is 29.2 Å². The summed E-state index contributed by atoms with van der Waals surface area (Å²) in [7, 11) is 0. The number of ether oxygens (including phenoxy) is 1. The molecule has 0 aliphatic carbocycles. The minimum absolute atomic E-state index is 0.0825. The van der Waals surface area contributed by atoms with Gasteiger partial charge in [-0.15, -0.1) is 0 Å². The van der Waals surface area contributed by atoms with Gasteiger partial charge in [0.1, 0.15) is 11.6 Å². The summed E-state index contributed by atoms with van der Waals surface area (Å²) in [6, 6.07) is 12.3. The average Bonchev–Trinajstić information content (AvgIpc) is 3.47. The Balaban J connectivity index is 1.42. The predicted octanol–water partition coefficient (Wildman–Crippen LogP) is 2.97. The SMILES string of the molecule is O=C(CN[C@@H]1CN(C(=O)C2CCN(C(=O)O)C2)C[C@H]1c1ccc(Cl)cc1)Oc1ccc(F)cc1. The summed E-state index contributed by atoms with van der Waals surface area (Å²) >= 11 is 6.03. The highest BCUT2D eigenvalue weighted by Gasteiger charge is 2.40. The maximum absolute atomic E-state index is 13.1. The van der Waals surface area contributed by atoms with Gasteiger partial charge in [-0.3, -0.25) is 9.59 Å². The first-order valence-electron chi connectivity index (χ1n) is 11.0. The molecule has 2 N–H and O–H groups in total. The molecule has 2 amide bonds. The van der Waals surface area contributed by atoms with E-state index in [1.54, 1.807) is 17.0 Å². The van der Waals surface area contributed by atoms with E-state index in [0.29, 0.717) is 31.1 Å². The van der Waals surface area contributed by atoms with E-state index in [1.807, 2.05) is 12.1 Å². The fourth-order valence-electron chi connectivity index (χ4n) is 4.52. The van der Waals surface area contributed by atoms with Gasteiger partial charge in [0.2, 0.25) is 5.91 Å². The van der Waals surface area contributed by atoms with Crippen LogP contribution in [0.2, 0.25) is 5.02 Å². The molecule has 8 nitrogen and oxygen atoms in total. The van der Waals surface area contributed by atoms with Crippen LogP contribution in [0.5, 0.6) is 5.75 Å². The van der Waals surface area contributed by atoms with Crippen molar-refractivity contribution >= 4 is 29.6 Å². The minimum Gasteiger partial charge on any atom is -0.465 e. The fourth-order valence-corrected chi connectivity index (χ4v) is 4.64. The molecule has 34 heavy (non-hydrogen) atoms. The summed E-state index contributed by atoms with van der Waals surface area (Å²) in [6.07, 6.45) is -0.523. The summed E-state index contributed by atoms with van der Waals surface area (Å²) < 4.78 is 18.3. The Bertz CT molecular complexity index is 1050. The van der Waals surface area contributed by atoms with Crippen LogP contribution in [0.3, 0.4) is 0 Å². The molecule has 0 bridgehead atoms. The number of halogens is 2. The summed E-state index contributed by atoms with van der Waals surface area (Å²) in [5.41, 5.74) is 0.975. The van der Waals surface area contributed by atoms with Crippen LogP contribution in [0.1, 0.15) is 17.9 Å². The smallest absolute Gasteiger partial charge is 0.407 e. The molecule has 0 saturated carbocycles. The molecule has 4 rings (SSSR count).